The van der Waals surface area contributed by atoms with Crippen molar-refractivity contribution in [2.24, 2.45) is 0 Å². The predicted octanol–water partition coefficient (Wildman–Crippen LogP) is 30.3. The van der Waals surface area contributed by atoms with Crippen LogP contribution in [0.3, 0.4) is 0 Å². The van der Waals surface area contributed by atoms with Crippen LogP contribution < -0.4 is 26.2 Å². The molecule has 0 spiro atoms. The van der Waals surface area contributed by atoms with E-state index in [1.54, 1.807) is 0 Å². The summed E-state index contributed by atoms with van der Waals surface area (Å²) in [6.45, 7) is 53.8. The second-order valence-corrected chi connectivity index (χ2v) is 43.6. The predicted molar refractivity (Wildman–Crippen MR) is 534 cm³/mol. The highest BCUT2D eigenvalue weighted by atomic mass is 15.2. The second kappa shape index (κ2) is 28.3. The van der Waals surface area contributed by atoms with Crippen LogP contribution in [0.1, 0.15) is 222 Å². The summed E-state index contributed by atoms with van der Waals surface area (Å²) in [4.78, 5) is 5.04. The quantitative estimate of drug-likeness (QED) is 0.142. The molecule has 0 aliphatic carbocycles. The van der Waals surface area contributed by atoms with Crippen molar-refractivity contribution in [3.63, 3.8) is 0 Å². The molecule has 2 aliphatic heterocycles. The van der Waals surface area contributed by atoms with Gasteiger partial charge in [-0.1, -0.05) is 318 Å². The van der Waals surface area contributed by atoms with E-state index in [4.69, 9.17) is 0 Å². The Labute approximate surface area is 741 Å². The standard InChI is InChI=1S/C117H117BN6/c1-110(2,3)76-36-32-35-73(55-76)90-65-83(117(22,23)24)64-89(71-33-26-25-27-34-71)109(90)124-104-58-72(75-56-81(115(16,17)18)59-82(57-75)116(19,20)21)42-49-95(104)118-96-50-48-85(120-99-51-43-77(111(4,5)6)60-91(99)92-61-78(112(7,8)9)44-52-100(92)120)67-105(96)121(84-47-41-74(70-119)103(66-84)123-97-39-30-28-37-87(97)88-38-29-31-40-98(88)123)106-68-86(69-107(124)108(106)118)122-101-53-45-79(113(10,11)12)62-93(101)94-63-80(114(13,14)15)46-54-102(94)122/h25-69H,1-24H3/i32D,35D,36D,55D. The van der Waals surface area contributed by atoms with Gasteiger partial charge in [0.05, 0.1) is 61.2 Å². The Morgan fingerprint density at radius 3 is 1.15 bits per heavy atom. The highest BCUT2D eigenvalue weighted by molar-refractivity contribution is 7.00. The lowest BCUT2D eigenvalue weighted by molar-refractivity contribution is 0.569. The van der Waals surface area contributed by atoms with Crippen LogP contribution in [-0.2, 0) is 43.3 Å². The molecule has 0 fully saturated rings. The number of aromatic nitrogens is 3. The SMILES string of the molecule is [2H]c1c([2H])c(-c2cc(C(C)(C)C)cc(-c3ccccc3)c2N2c3cc(-c4cc(C(C)(C)C)cc(C(C)(C)C)c4)ccc3B3c4ccc(-n5c6ccc(C(C)(C)C)cc6c6cc(C(C)(C)C)ccc65)cc4N(c4ccc(C#N)c(-n5c6ccccc6c6ccccc65)c4)c4cc(-n5c6ccc(C(C)(C)C)cc6c6cc(C(C)(C)C)ccc65)cc2c43)c([2H])c(C(C)(C)C)c1[2H]. The van der Waals surface area contributed by atoms with E-state index in [0.29, 0.717) is 22.3 Å². The fourth-order valence-electron chi connectivity index (χ4n) is 19.4. The smallest absolute Gasteiger partial charge is 0.252 e. The molecule has 5 heterocycles. The molecule has 0 unspecified atom stereocenters. The summed E-state index contributed by atoms with van der Waals surface area (Å²) in [5, 5.41) is 18.7. The average molecular weight is 1620 g/mol. The maximum Gasteiger partial charge on any atom is 0.252 e. The zero-order chi connectivity index (χ0) is 91.0. The highest BCUT2D eigenvalue weighted by Crippen LogP contribution is 2.55. The van der Waals surface area contributed by atoms with E-state index in [1.807, 2.05) is 26.8 Å². The Kier molecular flexibility index (Phi) is 17.5. The van der Waals surface area contributed by atoms with E-state index >= 15 is 0 Å². The largest absolute Gasteiger partial charge is 0.311 e. The topological polar surface area (TPSA) is 45.1 Å². The van der Waals surface area contributed by atoms with Gasteiger partial charge in [-0.05, 0) is 248 Å². The van der Waals surface area contributed by atoms with Gasteiger partial charge in [-0.2, -0.15) is 5.26 Å². The van der Waals surface area contributed by atoms with Gasteiger partial charge in [0.15, 0.2) is 0 Å². The van der Waals surface area contributed by atoms with Gasteiger partial charge >= 0.3 is 0 Å². The third kappa shape index (κ3) is 13.6. The van der Waals surface area contributed by atoms with Crippen LogP contribution in [0.2, 0.25) is 0 Å². The molecule has 124 heavy (non-hydrogen) atoms. The molecule has 0 bridgehead atoms. The number of fused-ring (bicyclic) bond motifs is 13. The lowest BCUT2D eigenvalue weighted by atomic mass is 9.33. The van der Waals surface area contributed by atoms with Gasteiger partial charge in [0.1, 0.15) is 6.07 Å². The van der Waals surface area contributed by atoms with Crippen LogP contribution in [0.15, 0.2) is 273 Å². The first-order valence-corrected chi connectivity index (χ1v) is 44.5. The van der Waals surface area contributed by atoms with Gasteiger partial charge in [0.25, 0.3) is 6.71 Å². The highest BCUT2D eigenvalue weighted by Gasteiger charge is 2.46. The molecule has 0 saturated heterocycles. The van der Waals surface area contributed by atoms with Gasteiger partial charge < -0.3 is 23.5 Å². The van der Waals surface area contributed by atoms with Crippen molar-refractivity contribution >= 4 is 123 Å². The van der Waals surface area contributed by atoms with Crippen molar-refractivity contribution in [2.75, 3.05) is 9.80 Å². The van der Waals surface area contributed by atoms with E-state index < -0.39 is 17.5 Å². The Morgan fingerprint density at radius 2 is 0.669 bits per heavy atom. The molecule has 7 heteroatoms. The Morgan fingerprint density at radius 1 is 0.274 bits per heavy atom. The summed E-state index contributed by atoms with van der Waals surface area (Å²) < 4.78 is 48.8. The number of benzene rings is 14. The molecule has 0 atom stereocenters. The summed E-state index contributed by atoms with van der Waals surface area (Å²) in [5.74, 6) is 0. The maximum atomic E-state index is 11.8. The lowest BCUT2D eigenvalue weighted by Gasteiger charge is -2.45. The molecule has 3 aromatic heterocycles. The molecular formula is C117H117BN6. The molecule has 2 aliphatic rings. The van der Waals surface area contributed by atoms with E-state index in [2.05, 4.69) is 418 Å². The van der Waals surface area contributed by atoms with Gasteiger partial charge in [0.2, 0.25) is 0 Å². The van der Waals surface area contributed by atoms with Gasteiger partial charge in [0, 0.05) is 77.6 Å². The number of anilines is 6. The monoisotopic (exact) mass is 1620 g/mol. The van der Waals surface area contributed by atoms with Crippen LogP contribution in [-0.4, -0.2) is 20.4 Å². The number of nitriles is 1. The van der Waals surface area contributed by atoms with Crippen molar-refractivity contribution in [2.45, 2.75) is 209 Å². The number of para-hydroxylation sites is 2. The van der Waals surface area contributed by atoms with Crippen molar-refractivity contribution in [3.05, 3.63) is 323 Å². The molecular weight excluding hydrogens is 1500 g/mol. The fourth-order valence-corrected chi connectivity index (χ4v) is 19.4. The molecule has 0 amide bonds. The first-order valence-electron chi connectivity index (χ1n) is 46.5. The maximum absolute atomic E-state index is 11.8. The van der Waals surface area contributed by atoms with E-state index in [9.17, 15) is 10.7 Å². The first kappa shape index (κ1) is 76.5. The number of hydrogen-bond donors (Lipinski definition) is 0. The average Bonchev–Trinajstić information content (AvgIpc) is 0.835. The molecule has 6 nitrogen and oxygen atoms in total. The van der Waals surface area contributed by atoms with Crippen molar-refractivity contribution in [3.8, 4) is 56.5 Å². The Balaban J connectivity index is 1.04. The zero-order valence-corrected chi connectivity index (χ0v) is 76.9. The molecule has 0 saturated carbocycles. The van der Waals surface area contributed by atoms with Crippen LogP contribution in [0.5, 0.6) is 0 Å². The summed E-state index contributed by atoms with van der Waals surface area (Å²) in [7, 11) is 0. The summed E-state index contributed by atoms with van der Waals surface area (Å²) in [6, 6.07) is 96.1. The number of rotatable bonds is 8. The molecule has 0 radical (unpaired) electrons. The van der Waals surface area contributed by atoms with Crippen LogP contribution in [0, 0.1) is 11.3 Å². The van der Waals surface area contributed by atoms with E-state index in [0.717, 1.165) is 150 Å². The fraction of sp³-hybridized carbons (Fsp3) is 0.274. The van der Waals surface area contributed by atoms with Crippen molar-refractivity contribution in [1.82, 2.24) is 13.7 Å². The Bertz CT molecular complexity index is 7360. The molecule has 19 rings (SSSR count). The number of hydrogen-bond acceptors (Lipinski definition) is 3. The van der Waals surface area contributed by atoms with E-state index in [-0.39, 0.29) is 56.7 Å². The van der Waals surface area contributed by atoms with E-state index in [1.165, 1.54) is 44.2 Å². The minimum Gasteiger partial charge on any atom is -0.311 e. The third-order valence-corrected chi connectivity index (χ3v) is 26.7. The molecule has 14 aromatic carbocycles. The molecule has 17 aromatic rings. The van der Waals surface area contributed by atoms with Crippen molar-refractivity contribution < 1.29 is 5.48 Å². The van der Waals surface area contributed by atoms with Crippen molar-refractivity contribution in [1.29, 1.82) is 5.26 Å². The minimum atomic E-state index is -0.780. The molecule has 0 N–H and O–H groups in total. The summed E-state index contributed by atoms with van der Waals surface area (Å²) >= 11 is 0. The van der Waals surface area contributed by atoms with Crippen LogP contribution in [0.4, 0.5) is 34.1 Å². The van der Waals surface area contributed by atoms with Gasteiger partial charge in [-0.3, -0.25) is 0 Å². The third-order valence-electron chi connectivity index (χ3n) is 26.7. The summed E-state index contributed by atoms with van der Waals surface area (Å²) in [6.07, 6.45) is 0. The minimum absolute atomic E-state index is 0.0565. The number of nitrogens with zero attached hydrogens (tertiary/aromatic N) is 6. The van der Waals surface area contributed by atoms with Gasteiger partial charge in [-0.25, -0.2) is 0 Å². The summed E-state index contributed by atoms with van der Waals surface area (Å²) in [5.41, 5.74) is 29.1. The Hall–Kier alpha value is -12.4. The second-order valence-electron chi connectivity index (χ2n) is 43.6. The van der Waals surface area contributed by atoms with Crippen LogP contribution >= 0.6 is 0 Å². The lowest BCUT2D eigenvalue weighted by Crippen LogP contribution is -2.61. The van der Waals surface area contributed by atoms with Gasteiger partial charge in [-0.15, -0.1) is 0 Å². The zero-order valence-electron chi connectivity index (χ0n) is 80.9. The normalized spacial score (nSPS) is 14.0. The van der Waals surface area contributed by atoms with Crippen LogP contribution in [0.25, 0.3) is 116 Å². The first-order chi connectivity index (χ1) is 60.2. The molecule has 618 valence electrons.